The van der Waals surface area contributed by atoms with E-state index < -0.39 is 10.1 Å². The molecule has 0 fully saturated rings. The Balaban J connectivity index is 1.59. The van der Waals surface area contributed by atoms with E-state index in [0.717, 1.165) is 23.5 Å². The first-order valence-corrected chi connectivity index (χ1v) is 15.8. The molecule has 0 saturated carbocycles. The molecule has 2 heterocycles. The summed E-state index contributed by atoms with van der Waals surface area (Å²) >= 11 is 3.54. The first-order chi connectivity index (χ1) is 17.8. The van der Waals surface area contributed by atoms with Crippen LogP contribution in [-0.2, 0) is 16.7 Å². The van der Waals surface area contributed by atoms with Gasteiger partial charge in [-0.3, -0.25) is 4.55 Å². The Kier molecular flexibility index (Phi) is 7.45. The van der Waals surface area contributed by atoms with Gasteiger partial charge in [0.05, 0.1) is 16.5 Å². The Bertz CT molecular complexity index is 1650. The van der Waals surface area contributed by atoms with Crippen LogP contribution in [0.2, 0.25) is 0 Å². The molecule has 192 valence electrons. The fourth-order valence-electron chi connectivity index (χ4n) is 4.78. The molecule has 8 heteroatoms. The zero-order valence-electron chi connectivity index (χ0n) is 21.3. The molecule has 4 aromatic rings. The zero-order chi connectivity index (χ0) is 26.2. The summed E-state index contributed by atoms with van der Waals surface area (Å²) in [4.78, 5) is 3.65. The fourth-order valence-corrected chi connectivity index (χ4v) is 7.76. The number of thioether (sulfide) groups is 1. The molecule has 1 N–H and O–H groups in total. The van der Waals surface area contributed by atoms with E-state index >= 15 is 0 Å². The lowest BCUT2D eigenvalue weighted by Crippen LogP contribution is -2.36. The van der Waals surface area contributed by atoms with Gasteiger partial charge in [0.15, 0.2) is 6.54 Å². The molecule has 0 radical (unpaired) electrons. The lowest BCUT2D eigenvalue weighted by molar-refractivity contribution is -0.668. The Morgan fingerprint density at radius 3 is 2.68 bits per heavy atom. The van der Waals surface area contributed by atoms with Gasteiger partial charge in [-0.25, -0.2) is 0 Å². The maximum Gasteiger partial charge on any atom is 0.265 e. The van der Waals surface area contributed by atoms with E-state index in [9.17, 15) is 13.0 Å². The number of hydrogen-bond acceptors (Lipinski definition) is 5. The number of nitrogens with zero attached hydrogens (tertiary/aromatic N) is 2. The third-order valence-corrected chi connectivity index (χ3v) is 9.73. The van der Waals surface area contributed by atoms with Crippen LogP contribution in [0.25, 0.3) is 27.1 Å². The van der Waals surface area contributed by atoms with E-state index in [2.05, 4.69) is 90.9 Å². The van der Waals surface area contributed by atoms with Gasteiger partial charge < -0.3 is 4.90 Å². The van der Waals surface area contributed by atoms with E-state index in [-0.39, 0.29) is 5.75 Å². The van der Waals surface area contributed by atoms with Gasteiger partial charge in [0.1, 0.15) is 4.70 Å². The largest absolute Gasteiger partial charge is 0.335 e. The monoisotopic (exact) mass is 551 g/mol. The summed E-state index contributed by atoms with van der Waals surface area (Å²) in [6.07, 6.45) is 5.74. The summed E-state index contributed by atoms with van der Waals surface area (Å²) in [6.45, 7) is 7.89. The van der Waals surface area contributed by atoms with Crippen molar-refractivity contribution in [2.24, 2.45) is 0 Å². The number of thiazole rings is 1. The van der Waals surface area contributed by atoms with Gasteiger partial charge in [-0.15, -0.1) is 0 Å². The number of anilines is 1. The summed E-state index contributed by atoms with van der Waals surface area (Å²) in [5.74, 6) is -0.251. The number of rotatable bonds is 8. The van der Waals surface area contributed by atoms with Crippen molar-refractivity contribution in [2.45, 2.75) is 45.1 Å². The predicted molar refractivity (Wildman–Crippen MR) is 157 cm³/mol. The Morgan fingerprint density at radius 2 is 1.92 bits per heavy atom. The van der Waals surface area contributed by atoms with Crippen LogP contribution >= 0.6 is 23.1 Å². The van der Waals surface area contributed by atoms with E-state index in [4.69, 9.17) is 0 Å². The standard InChI is InChI=1S/C29H30N2O3S3/c1-4-21(18-27-30(5-2)25-17-20(3)11-14-26(25)35-27)19-28-31(15-8-16-37(32,33)34)24-13-12-22-9-6-7-10-23(22)29(24)36-28/h6-7,9-14,17-19H,4-5,8,15-16H2,1-3H3/p+1. The molecule has 0 amide bonds. The predicted octanol–water partition coefficient (Wildman–Crippen LogP) is 7.20. The van der Waals surface area contributed by atoms with Crippen molar-refractivity contribution in [2.75, 3.05) is 17.2 Å². The summed E-state index contributed by atoms with van der Waals surface area (Å²) in [5.41, 5.74) is 4.82. The smallest absolute Gasteiger partial charge is 0.265 e. The molecule has 0 atom stereocenters. The van der Waals surface area contributed by atoms with Crippen molar-refractivity contribution in [3.63, 3.8) is 0 Å². The molecule has 0 unspecified atom stereocenters. The number of aromatic nitrogens is 1. The van der Waals surface area contributed by atoms with E-state index in [0.29, 0.717) is 13.0 Å². The number of hydrogen-bond donors (Lipinski definition) is 1. The quantitative estimate of drug-likeness (QED) is 0.185. The number of benzene rings is 3. The van der Waals surface area contributed by atoms with Gasteiger partial charge in [0.25, 0.3) is 15.1 Å². The Labute approximate surface area is 226 Å². The average molecular weight is 552 g/mol. The molecule has 1 aliphatic rings. The van der Waals surface area contributed by atoms with Crippen LogP contribution in [0.1, 0.15) is 37.3 Å². The average Bonchev–Trinajstić information content (AvgIpc) is 3.39. The number of allylic oxidation sites excluding steroid dienone is 2. The van der Waals surface area contributed by atoms with Crippen LogP contribution in [-0.4, -0.2) is 25.3 Å². The molecule has 5 nitrogen and oxygen atoms in total. The number of fused-ring (bicyclic) bond motifs is 4. The van der Waals surface area contributed by atoms with Crippen LogP contribution in [0.4, 0.5) is 5.69 Å². The normalized spacial score (nSPS) is 15.3. The minimum absolute atomic E-state index is 0.251. The van der Waals surface area contributed by atoms with Crippen molar-refractivity contribution >= 4 is 66.0 Å². The highest BCUT2D eigenvalue weighted by molar-refractivity contribution is 8.03. The van der Waals surface area contributed by atoms with Gasteiger partial charge in [0.2, 0.25) is 5.52 Å². The molecule has 0 spiro atoms. The second-order valence-corrected chi connectivity index (χ2v) is 12.9. The Hall–Kier alpha value is -2.65. The summed E-state index contributed by atoms with van der Waals surface area (Å²) in [5, 5.41) is 4.68. The molecular formula is C29H31N2O3S3+. The SMILES string of the molecule is CCC(=C\c1sc2c3ccccc3ccc2[n+]1CCCS(=O)(=O)O)/C=C1/Sc2ccc(C)cc2N1CC. The third-order valence-electron chi connectivity index (χ3n) is 6.63. The van der Waals surface area contributed by atoms with E-state index in [1.807, 2.05) is 17.8 Å². The summed E-state index contributed by atoms with van der Waals surface area (Å²) < 4.78 is 35.5. The first-order valence-electron chi connectivity index (χ1n) is 12.5. The third kappa shape index (κ3) is 5.48. The van der Waals surface area contributed by atoms with Gasteiger partial charge in [-0.1, -0.05) is 60.4 Å². The second kappa shape index (κ2) is 10.6. The van der Waals surface area contributed by atoms with Gasteiger partial charge in [-0.2, -0.15) is 13.0 Å². The lowest BCUT2D eigenvalue weighted by Gasteiger charge is -2.18. The summed E-state index contributed by atoms with van der Waals surface area (Å²) in [6, 6.07) is 19.2. The van der Waals surface area contributed by atoms with Gasteiger partial charge in [0, 0.05) is 35.4 Å². The van der Waals surface area contributed by atoms with Crippen LogP contribution in [0, 0.1) is 6.92 Å². The zero-order valence-corrected chi connectivity index (χ0v) is 23.7. The van der Waals surface area contributed by atoms with Crippen LogP contribution in [0.5, 0.6) is 0 Å². The van der Waals surface area contributed by atoms with E-state index in [1.54, 1.807) is 11.3 Å². The molecule has 0 aliphatic carbocycles. The van der Waals surface area contributed by atoms with E-state index in [1.165, 1.54) is 42.2 Å². The van der Waals surface area contributed by atoms with Crippen LogP contribution < -0.4 is 9.47 Å². The van der Waals surface area contributed by atoms with Crippen molar-refractivity contribution in [1.82, 2.24) is 0 Å². The maximum atomic E-state index is 11.4. The molecular weight excluding hydrogens is 521 g/mol. The van der Waals surface area contributed by atoms with Gasteiger partial charge >= 0.3 is 0 Å². The molecule has 1 aliphatic heterocycles. The molecule has 1 aromatic heterocycles. The first kappa shape index (κ1) is 26.0. The highest BCUT2D eigenvalue weighted by Gasteiger charge is 2.25. The topological polar surface area (TPSA) is 61.5 Å². The highest BCUT2D eigenvalue weighted by Crippen LogP contribution is 2.46. The fraction of sp³-hybridized carbons (Fsp3) is 0.276. The molecule has 37 heavy (non-hydrogen) atoms. The molecule has 5 rings (SSSR count). The molecule has 3 aromatic carbocycles. The van der Waals surface area contributed by atoms with Crippen molar-refractivity contribution in [3.05, 3.63) is 81.8 Å². The minimum atomic E-state index is -4.00. The molecule has 0 bridgehead atoms. The molecule has 0 saturated heterocycles. The van der Waals surface area contributed by atoms with Crippen molar-refractivity contribution in [1.29, 1.82) is 0 Å². The Morgan fingerprint density at radius 1 is 1.11 bits per heavy atom. The van der Waals surface area contributed by atoms with Crippen molar-refractivity contribution in [3.8, 4) is 0 Å². The number of aryl methyl sites for hydroxylation is 2. The van der Waals surface area contributed by atoms with Gasteiger partial charge in [-0.05, 0) is 61.1 Å². The second-order valence-electron chi connectivity index (χ2n) is 9.24. The highest BCUT2D eigenvalue weighted by atomic mass is 32.2. The van der Waals surface area contributed by atoms with Crippen molar-refractivity contribution < 1.29 is 17.5 Å². The minimum Gasteiger partial charge on any atom is -0.335 e. The summed E-state index contributed by atoms with van der Waals surface area (Å²) in [7, 11) is -4.00. The van der Waals surface area contributed by atoms with Crippen LogP contribution in [0.15, 0.2) is 76.2 Å². The maximum absolute atomic E-state index is 11.4. The van der Waals surface area contributed by atoms with Crippen LogP contribution in [0.3, 0.4) is 0 Å². The lowest BCUT2D eigenvalue weighted by atomic mass is 10.1.